The Morgan fingerprint density at radius 1 is 1.11 bits per heavy atom. The molecule has 92 valence electrons. The molecule has 0 radical (unpaired) electrons. The molecule has 0 aliphatic rings. The van der Waals surface area contributed by atoms with Gasteiger partial charge in [0.2, 0.25) is 0 Å². The number of carbonyl (C=O) groups is 1. The molecule has 18 heavy (non-hydrogen) atoms. The zero-order valence-corrected chi connectivity index (χ0v) is 10.7. The first kappa shape index (κ1) is 12.7. The van der Waals surface area contributed by atoms with Crippen LogP contribution in [0, 0.1) is 0 Å². The number of carboxylic acids is 1. The van der Waals surface area contributed by atoms with Gasteiger partial charge >= 0.3 is 5.97 Å². The molecule has 0 bridgehead atoms. The fourth-order valence-electron chi connectivity index (χ4n) is 1.48. The van der Waals surface area contributed by atoms with Crippen molar-refractivity contribution in [3.8, 4) is 0 Å². The van der Waals surface area contributed by atoms with Crippen LogP contribution in [0.3, 0.4) is 0 Å². The Bertz CT molecular complexity index is 599. The van der Waals surface area contributed by atoms with E-state index >= 15 is 0 Å². The molecule has 2 aromatic carbocycles. The molecule has 0 heterocycles. The van der Waals surface area contributed by atoms with E-state index in [9.17, 15) is 4.79 Å². The van der Waals surface area contributed by atoms with Gasteiger partial charge in [-0.3, -0.25) is 0 Å². The molecule has 0 amide bonds. The van der Waals surface area contributed by atoms with Crippen LogP contribution >= 0.6 is 23.2 Å². The Morgan fingerprint density at radius 3 is 2.56 bits per heavy atom. The van der Waals surface area contributed by atoms with Crippen molar-refractivity contribution in [2.24, 2.45) is 0 Å². The first-order valence-electron chi connectivity index (χ1n) is 5.12. The predicted octanol–water partition coefficient (Wildman–Crippen LogP) is 4.44. The molecule has 0 aliphatic carbocycles. The number of halogens is 2. The molecule has 0 fully saturated rings. The van der Waals surface area contributed by atoms with E-state index in [0.29, 0.717) is 15.7 Å². The quantitative estimate of drug-likeness (QED) is 0.875. The van der Waals surface area contributed by atoms with Crippen LogP contribution in [0.1, 0.15) is 10.4 Å². The topological polar surface area (TPSA) is 49.3 Å². The van der Waals surface area contributed by atoms with Crippen LogP contribution in [-0.4, -0.2) is 11.1 Å². The minimum atomic E-state index is -0.999. The molecule has 0 atom stereocenters. The molecule has 0 aliphatic heterocycles. The maximum atomic E-state index is 10.9. The summed E-state index contributed by atoms with van der Waals surface area (Å²) >= 11 is 11.9. The van der Waals surface area contributed by atoms with Crippen molar-refractivity contribution in [2.75, 3.05) is 5.32 Å². The molecule has 3 nitrogen and oxygen atoms in total. The lowest BCUT2D eigenvalue weighted by Crippen LogP contribution is -1.98. The Morgan fingerprint density at radius 2 is 1.89 bits per heavy atom. The van der Waals surface area contributed by atoms with E-state index in [0.717, 1.165) is 5.69 Å². The van der Waals surface area contributed by atoms with Crippen molar-refractivity contribution in [1.29, 1.82) is 0 Å². The summed E-state index contributed by atoms with van der Waals surface area (Å²) in [6.45, 7) is 0. The van der Waals surface area contributed by atoms with Gasteiger partial charge in [-0.25, -0.2) is 4.79 Å². The summed E-state index contributed by atoms with van der Waals surface area (Å²) in [5.41, 5.74) is 1.44. The number of nitrogens with one attached hydrogen (secondary N) is 1. The van der Waals surface area contributed by atoms with Crippen LogP contribution in [0.25, 0.3) is 0 Å². The summed E-state index contributed by atoms with van der Waals surface area (Å²) in [5.74, 6) is -0.999. The van der Waals surface area contributed by atoms with E-state index in [1.54, 1.807) is 18.2 Å². The van der Waals surface area contributed by atoms with Gasteiger partial charge in [0.25, 0.3) is 0 Å². The summed E-state index contributed by atoms with van der Waals surface area (Å²) in [5, 5.41) is 13.0. The standard InChI is InChI=1S/C13H9Cl2NO2/c14-9-2-1-3-10(7-9)16-12-6-8(13(17)18)4-5-11(12)15/h1-7,16H,(H,17,18). The van der Waals surface area contributed by atoms with Crippen LogP contribution in [-0.2, 0) is 0 Å². The van der Waals surface area contributed by atoms with Gasteiger partial charge in [0.05, 0.1) is 16.3 Å². The maximum absolute atomic E-state index is 10.9. The van der Waals surface area contributed by atoms with Gasteiger partial charge in [0, 0.05) is 10.7 Å². The van der Waals surface area contributed by atoms with Gasteiger partial charge < -0.3 is 10.4 Å². The second-order valence-corrected chi connectivity index (χ2v) is 4.48. The second-order valence-electron chi connectivity index (χ2n) is 3.64. The summed E-state index contributed by atoms with van der Waals surface area (Å²) in [6, 6.07) is 11.6. The minimum absolute atomic E-state index is 0.170. The van der Waals surface area contributed by atoms with Crippen LogP contribution in [0.4, 0.5) is 11.4 Å². The van der Waals surface area contributed by atoms with E-state index in [1.807, 2.05) is 6.07 Å². The average molecular weight is 282 g/mol. The average Bonchev–Trinajstić information content (AvgIpc) is 2.31. The third kappa shape index (κ3) is 2.94. The second kappa shape index (κ2) is 5.29. The molecule has 5 heteroatoms. The van der Waals surface area contributed by atoms with Gasteiger partial charge in [-0.05, 0) is 36.4 Å². The van der Waals surface area contributed by atoms with Crippen molar-refractivity contribution in [3.63, 3.8) is 0 Å². The number of hydrogen-bond donors (Lipinski definition) is 2. The molecule has 2 aromatic rings. The van der Waals surface area contributed by atoms with Crippen LogP contribution in [0.15, 0.2) is 42.5 Å². The molecule has 0 spiro atoms. The Balaban J connectivity index is 2.33. The van der Waals surface area contributed by atoms with Crippen molar-refractivity contribution >= 4 is 40.5 Å². The summed E-state index contributed by atoms with van der Waals surface area (Å²) < 4.78 is 0. The summed E-state index contributed by atoms with van der Waals surface area (Å²) in [7, 11) is 0. The smallest absolute Gasteiger partial charge is 0.335 e. The number of anilines is 2. The molecular formula is C13H9Cl2NO2. The third-order valence-electron chi connectivity index (χ3n) is 2.32. The first-order valence-corrected chi connectivity index (χ1v) is 5.87. The van der Waals surface area contributed by atoms with Gasteiger partial charge in [-0.1, -0.05) is 29.3 Å². The number of carboxylic acid groups (broad SMARTS) is 1. The van der Waals surface area contributed by atoms with E-state index < -0.39 is 5.97 Å². The molecule has 2 rings (SSSR count). The van der Waals surface area contributed by atoms with E-state index in [4.69, 9.17) is 28.3 Å². The van der Waals surface area contributed by atoms with Crippen LogP contribution in [0.2, 0.25) is 10.0 Å². The number of aromatic carboxylic acids is 1. The largest absolute Gasteiger partial charge is 0.478 e. The summed E-state index contributed by atoms with van der Waals surface area (Å²) in [6.07, 6.45) is 0. The normalized spacial score (nSPS) is 10.1. The van der Waals surface area contributed by atoms with Crippen LogP contribution in [0.5, 0.6) is 0 Å². The van der Waals surface area contributed by atoms with Crippen molar-refractivity contribution in [1.82, 2.24) is 0 Å². The highest BCUT2D eigenvalue weighted by Gasteiger charge is 2.07. The third-order valence-corrected chi connectivity index (χ3v) is 2.88. The maximum Gasteiger partial charge on any atom is 0.335 e. The Hall–Kier alpha value is -1.71. The van der Waals surface area contributed by atoms with Gasteiger partial charge in [-0.15, -0.1) is 0 Å². The SMILES string of the molecule is O=C(O)c1ccc(Cl)c(Nc2cccc(Cl)c2)c1. The Kier molecular flexibility index (Phi) is 3.75. The fraction of sp³-hybridized carbons (Fsp3) is 0. The lowest BCUT2D eigenvalue weighted by molar-refractivity contribution is 0.0697. The van der Waals surface area contributed by atoms with Crippen molar-refractivity contribution in [2.45, 2.75) is 0 Å². The fourth-order valence-corrected chi connectivity index (χ4v) is 1.83. The number of benzene rings is 2. The molecular weight excluding hydrogens is 273 g/mol. The van der Waals surface area contributed by atoms with E-state index in [2.05, 4.69) is 5.32 Å². The minimum Gasteiger partial charge on any atom is -0.478 e. The zero-order valence-electron chi connectivity index (χ0n) is 9.15. The van der Waals surface area contributed by atoms with Crippen molar-refractivity contribution < 1.29 is 9.90 Å². The molecule has 0 unspecified atom stereocenters. The number of hydrogen-bond acceptors (Lipinski definition) is 2. The molecule has 0 saturated carbocycles. The van der Waals surface area contributed by atoms with Crippen LogP contribution < -0.4 is 5.32 Å². The van der Waals surface area contributed by atoms with E-state index in [-0.39, 0.29) is 5.56 Å². The van der Waals surface area contributed by atoms with Crippen molar-refractivity contribution in [3.05, 3.63) is 58.1 Å². The Labute approximate surface area is 114 Å². The predicted molar refractivity (Wildman–Crippen MR) is 73.1 cm³/mol. The van der Waals surface area contributed by atoms with Gasteiger partial charge in [0.15, 0.2) is 0 Å². The molecule has 0 saturated heterocycles. The first-order chi connectivity index (χ1) is 8.56. The zero-order chi connectivity index (χ0) is 13.1. The highest BCUT2D eigenvalue weighted by atomic mass is 35.5. The highest BCUT2D eigenvalue weighted by Crippen LogP contribution is 2.27. The lowest BCUT2D eigenvalue weighted by atomic mass is 10.2. The summed E-state index contributed by atoms with van der Waals surface area (Å²) in [4.78, 5) is 10.9. The van der Waals surface area contributed by atoms with Gasteiger partial charge in [0.1, 0.15) is 0 Å². The number of rotatable bonds is 3. The monoisotopic (exact) mass is 281 g/mol. The lowest BCUT2D eigenvalue weighted by Gasteiger charge is -2.09. The molecule has 2 N–H and O–H groups in total. The molecule has 0 aromatic heterocycles. The van der Waals surface area contributed by atoms with Gasteiger partial charge in [-0.2, -0.15) is 0 Å². The highest BCUT2D eigenvalue weighted by molar-refractivity contribution is 6.33. The van der Waals surface area contributed by atoms with E-state index in [1.165, 1.54) is 18.2 Å².